The first-order valence-electron chi connectivity index (χ1n) is 9.36. The third kappa shape index (κ3) is 3.77. The summed E-state index contributed by atoms with van der Waals surface area (Å²) in [4.78, 5) is 29.7. The highest BCUT2D eigenvalue weighted by molar-refractivity contribution is 6.29. The monoisotopic (exact) mass is 424 g/mol. The summed E-state index contributed by atoms with van der Waals surface area (Å²) in [5, 5.41) is 18.5. The van der Waals surface area contributed by atoms with Crippen LogP contribution in [0.4, 0.5) is 11.5 Å². The molecular weight excluding hydrogens is 408 g/mol. The van der Waals surface area contributed by atoms with E-state index in [9.17, 15) is 9.90 Å². The second kappa shape index (κ2) is 7.30. The van der Waals surface area contributed by atoms with Crippen molar-refractivity contribution in [2.75, 3.05) is 11.9 Å². The van der Waals surface area contributed by atoms with Crippen LogP contribution in [0.15, 0.2) is 40.4 Å². The molecular formula is C19H17ClN8O2. The van der Waals surface area contributed by atoms with Crippen LogP contribution in [0.5, 0.6) is 5.88 Å². The third-order valence-corrected chi connectivity index (χ3v) is 4.95. The molecule has 4 aromatic rings. The van der Waals surface area contributed by atoms with Gasteiger partial charge in [0, 0.05) is 17.8 Å². The van der Waals surface area contributed by atoms with Crippen molar-refractivity contribution >= 4 is 34.8 Å². The number of fused-ring (bicyclic) bond motifs is 1. The Balaban J connectivity index is 1.64. The fraction of sp³-hybridized carbons (Fsp3) is 0.211. The number of aromatic amines is 2. The Kier molecular flexibility index (Phi) is 4.47. The van der Waals surface area contributed by atoms with Crippen molar-refractivity contribution in [1.82, 2.24) is 29.5 Å². The first-order valence-corrected chi connectivity index (χ1v) is 9.74. The van der Waals surface area contributed by atoms with Gasteiger partial charge in [-0.1, -0.05) is 11.6 Å². The van der Waals surface area contributed by atoms with Crippen molar-refractivity contribution in [3.05, 3.63) is 62.6 Å². The van der Waals surface area contributed by atoms with Crippen LogP contribution in [0.3, 0.4) is 0 Å². The lowest BCUT2D eigenvalue weighted by molar-refractivity contribution is 0.454. The molecule has 0 atom stereocenters. The van der Waals surface area contributed by atoms with E-state index in [-0.39, 0.29) is 11.6 Å². The van der Waals surface area contributed by atoms with Crippen molar-refractivity contribution < 1.29 is 5.11 Å². The second-order valence-corrected chi connectivity index (χ2v) is 7.49. The molecule has 5 rings (SSSR count). The molecule has 0 amide bonds. The summed E-state index contributed by atoms with van der Waals surface area (Å²) >= 11 is 5.86. The van der Waals surface area contributed by atoms with Crippen molar-refractivity contribution in [1.29, 1.82) is 0 Å². The van der Waals surface area contributed by atoms with Crippen LogP contribution in [0.1, 0.15) is 18.5 Å². The summed E-state index contributed by atoms with van der Waals surface area (Å²) in [5.74, 6) is 0.927. The maximum absolute atomic E-state index is 11.4. The van der Waals surface area contributed by atoms with Gasteiger partial charge in [0.15, 0.2) is 11.1 Å². The topological polar surface area (TPSA) is 136 Å². The van der Waals surface area contributed by atoms with Gasteiger partial charge in [0.1, 0.15) is 16.7 Å². The van der Waals surface area contributed by atoms with Gasteiger partial charge in [-0.05, 0) is 37.0 Å². The molecule has 152 valence electrons. The summed E-state index contributed by atoms with van der Waals surface area (Å²) in [7, 11) is 0. The Morgan fingerprint density at radius 1 is 1.33 bits per heavy atom. The molecule has 0 radical (unpaired) electrons. The Morgan fingerprint density at radius 2 is 2.20 bits per heavy atom. The Bertz CT molecular complexity index is 1400. The number of nitrogens with one attached hydrogen (secondary N) is 3. The molecule has 0 unspecified atom stereocenters. The zero-order valence-electron chi connectivity index (χ0n) is 15.6. The number of rotatable bonds is 5. The number of aromatic nitrogens is 6. The van der Waals surface area contributed by atoms with Crippen LogP contribution in [0.25, 0.3) is 11.7 Å². The highest BCUT2D eigenvalue weighted by Gasteiger charge is 2.20. The molecule has 4 aromatic heterocycles. The minimum Gasteiger partial charge on any atom is -0.493 e. The second-order valence-electron chi connectivity index (χ2n) is 7.10. The number of pyridine rings is 1. The zero-order valence-corrected chi connectivity index (χ0v) is 16.4. The van der Waals surface area contributed by atoms with Crippen LogP contribution >= 0.6 is 11.6 Å². The average molecular weight is 425 g/mol. The van der Waals surface area contributed by atoms with Gasteiger partial charge in [-0.25, -0.2) is 14.8 Å². The average Bonchev–Trinajstić information content (AvgIpc) is 3.39. The molecule has 0 bridgehead atoms. The first kappa shape index (κ1) is 18.4. The summed E-state index contributed by atoms with van der Waals surface area (Å²) in [5.41, 5.74) is 1.65. The minimum atomic E-state index is -0.499. The van der Waals surface area contributed by atoms with Gasteiger partial charge < -0.3 is 15.4 Å². The summed E-state index contributed by atoms with van der Waals surface area (Å²) in [6.07, 6.45) is 7.20. The summed E-state index contributed by atoms with van der Waals surface area (Å²) in [6.45, 7) is 0.728. The maximum atomic E-state index is 11.4. The van der Waals surface area contributed by atoms with Crippen molar-refractivity contribution in [2.24, 2.45) is 10.9 Å². The molecule has 11 heteroatoms. The van der Waals surface area contributed by atoms with Gasteiger partial charge in [0.05, 0.1) is 18.1 Å². The van der Waals surface area contributed by atoms with Crippen molar-refractivity contribution in [2.45, 2.75) is 12.8 Å². The predicted octanol–water partition coefficient (Wildman–Crippen LogP) is 1.10. The number of imidazole rings is 1. The van der Waals surface area contributed by atoms with Crippen LogP contribution < -0.4 is 21.7 Å². The normalized spacial score (nSPS) is 15.2. The Hall–Kier alpha value is -3.66. The van der Waals surface area contributed by atoms with E-state index < -0.39 is 5.69 Å². The standard InChI is InChI=1S/C19H17ClN8O2/c20-14-4-3-12(9-21-14)24-15-6-16(22-7-10-1-2-10)28-17(26-15)11(8-23-28)5-13-18(29)27-19(30)25-13/h3-6,8-10,24,29H,1-2,7H2,(H2,25,27,30). The number of aromatic hydroxyl groups is 1. The number of hydrogen-bond acceptors (Lipinski definition) is 7. The van der Waals surface area contributed by atoms with Gasteiger partial charge in [-0.3, -0.25) is 9.98 Å². The van der Waals surface area contributed by atoms with E-state index in [4.69, 9.17) is 16.6 Å². The Labute approximate surface area is 174 Å². The lowest BCUT2D eigenvalue weighted by atomic mass is 10.3. The molecule has 4 N–H and O–H groups in total. The lowest BCUT2D eigenvalue weighted by Crippen LogP contribution is -2.20. The van der Waals surface area contributed by atoms with Crippen LogP contribution in [0, 0.1) is 5.92 Å². The summed E-state index contributed by atoms with van der Waals surface area (Å²) in [6, 6.07) is 5.30. The molecule has 1 aliphatic rings. The highest BCUT2D eigenvalue weighted by Crippen LogP contribution is 2.28. The number of H-pyrrole nitrogens is 2. The van der Waals surface area contributed by atoms with E-state index in [2.05, 4.69) is 30.4 Å². The number of nitrogens with zero attached hydrogens (tertiary/aromatic N) is 5. The smallest absolute Gasteiger partial charge is 0.326 e. The SMILES string of the molecule is O=c1[nH]c(O)c(C=c2cnn3c(=NCC4CC4)cc(Nc4ccc(Cl)nc4)nc23)[nH]1. The van der Waals surface area contributed by atoms with Crippen LogP contribution in [-0.2, 0) is 0 Å². The highest BCUT2D eigenvalue weighted by atomic mass is 35.5. The van der Waals surface area contributed by atoms with Gasteiger partial charge in [-0.15, -0.1) is 0 Å². The van der Waals surface area contributed by atoms with Gasteiger partial charge in [0.2, 0.25) is 5.88 Å². The third-order valence-electron chi connectivity index (χ3n) is 4.72. The van der Waals surface area contributed by atoms with Gasteiger partial charge >= 0.3 is 5.69 Å². The molecule has 0 aromatic carbocycles. The fourth-order valence-corrected chi connectivity index (χ4v) is 3.12. The molecule has 1 aliphatic carbocycles. The predicted molar refractivity (Wildman–Crippen MR) is 111 cm³/mol. The van der Waals surface area contributed by atoms with E-state index in [0.29, 0.717) is 33.2 Å². The minimum absolute atomic E-state index is 0.244. The molecule has 4 heterocycles. The Morgan fingerprint density at radius 3 is 2.90 bits per heavy atom. The summed E-state index contributed by atoms with van der Waals surface area (Å²) < 4.78 is 1.64. The molecule has 0 aliphatic heterocycles. The molecule has 1 fully saturated rings. The number of halogens is 1. The van der Waals surface area contributed by atoms with E-state index >= 15 is 0 Å². The van der Waals surface area contributed by atoms with Gasteiger partial charge in [0.25, 0.3) is 0 Å². The largest absolute Gasteiger partial charge is 0.493 e. The lowest BCUT2D eigenvalue weighted by Gasteiger charge is -2.06. The van der Waals surface area contributed by atoms with Crippen molar-refractivity contribution in [3.8, 4) is 5.88 Å². The zero-order chi connectivity index (χ0) is 20.7. The molecule has 0 saturated heterocycles. The molecule has 1 saturated carbocycles. The van der Waals surface area contributed by atoms with Gasteiger partial charge in [-0.2, -0.15) is 9.61 Å². The maximum Gasteiger partial charge on any atom is 0.326 e. The molecule has 30 heavy (non-hydrogen) atoms. The first-order chi connectivity index (χ1) is 14.5. The van der Waals surface area contributed by atoms with Crippen LogP contribution in [-0.4, -0.2) is 41.2 Å². The number of hydrogen-bond donors (Lipinski definition) is 4. The molecule has 0 spiro atoms. The van der Waals surface area contributed by atoms with E-state index in [1.54, 1.807) is 35.1 Å². The van der Waals surface area contributed by atoms with E-state index in [1.165, 1.54) is 12.8 Å². The van der Waals surface area contributed by atoms with E-state index in [0.717, 1.165) is 12.2 Å². The fourth-order valence-electron chi connectivity index (χ4n) is 3.01. The quantitative estimate of drug-likeness (QED) is 0.354. The van der Waals surface area contributed by atoms with Crippen molar-refractivity contribution in [3.63, 3.8) is 0 Å². The van der Waals surface area contributed by atoms with Crippen LogP contribution in [0.2, 0.25) is 5.15 Å². The molecule has 10 nitrogen and oxygen atoms in total. The van der Waals surface area contributed by atoms with E-state index in [1.807, 2.05) is 6.07 Å². The number of anilines is 2.